The molecule has 66 valence electrons. The lowest BCUT2D eigenvalue weighted by atomic mass is 10.2. The number of hydrogen-bond donors (Lipinski definition) is 1. The molecule has 13 heavy (non-hydrogen) atoms. The van der Waals surface area contributed by atoms with Crippen molar-refractivity contribution in [3.8, 4) is 0 Å². The van der Waals surface area contributed by atoms with Crippen molar-refractivity contribution in [2.75, 3.05) is 5.73 Å². The molecule has 2 aromatic rings. The maximum absolute atomic E-state index is 12.9. The van der Waals surface area contributed by atoms with Crippen molar-refractivity contribution in [3.05, 3.63) is 33.8 Å². The van der Waals surface area contributed by atoms with E-state index in [0.717, 1.165) is 14.3 Å². The van der Waals surface area contributed by atoms with Crippen LogP contribution in [0.3, 0.4) is 0 Å². The summed E-state index contributed by atoms with van der Waals surface area (Å²) < 4.78 is 13.7. The minimum absolute atomic E-state index is 0.254. The largest absolute Gasteiger partial charge is 0.383 e. The number of anilines is 1. The highest BCUT2D eigenvalue weighted by molar-refractivity contribution is 14.1. The summed E-state index contributed by atoms with van der Waals surface area (Å²) in [6.07, 6.45) is 1.65. The number of nitrogen functional groups attached to an aromatic ring is 1. The van der Waals surface area contributed by atoms with Crippen molar-refractivity contribution in [1.82, 2.24) is 4.98 Å². The lowest BCUT2D eigenvalue weighted by Gasteiger charge is -2.02. The normalized spacial score (nSPS) is 10.6. The molecule has 0 aliphatic rings. The van der Waals surface area contributed by atoms with Crippen molar-refractivity contribution in [3.63, 3.8) is 0 Å². The van der Waals surface area contributed by atoms with Crippen LogP contribution in [0, 0.1) is 9.39 Å². The van der Waals surface area contributed by atoms with Gasteiger partial charge >= 0.3 is 0 Å². The molecule has 2 N–H and O–H groups in total. The molecule has 4 heteroatoms. The molecule has 1 aromatic carbocycles. The minimum Gasteiger partial charge on any atom is -0.383 e. The van der Waals surface area contributed by atoms with Crippen LogP contribution in [0.2, 0.25) is 0 Å². The standard InChI is InChI=1S/C9H6FIN2/c10-6-2-1-5-4-13-9(12)8(11)7(5)3-6/h1-4H,(H2,12,13). The summed E-state index contributed by atoms with van der Waals surface area (Å²) in [7, 11) is 0. The first-order valence-electron chi connectivity index (χ1n) is 3.68. The lowest BCUT2D eigenvalue weighted by Crippen LogP contribution is -1.94. The van der Waals surface area contributed by atoms with Gasteiger partial charge in [-0.05, 0) is 40.8 Å². The highest BCUT2D eigenvalue weighted by Gasteiger charge is 2.03. The van der Waals surface area contributed by atoms with Crippen LogP contribution in [0.5, 0.6) is 0 Å². The van der Waals surface area contributed by atoms with Crippen LogP contribution < -0.4 is 5.73 Å². The molecule has 0 saturated carbocycles. The van der Waals surface area contributed by atoms with E-state index in [2.05, 4.69) is 27.6 Å². The van der Waals surface area contributed by atoms with E-state index in [1.807, 2.05) is 0 Å². The lowest BCUT2D eigenvalue weighted by molar-refractivity contribution is 0.629. The number of fused-ring (bicyclic) bond motifs is 1. The quantitative estimate of drug-likeness (QED) is 0.757. The molecule has 0 aliphatic heterocycles. The summed E-state index contributed by atoms with van der Waals surface area (Å²) in [5.74, 6) is 0.190. The first-order chi connectivity index (χ1) is 6.18. The van der Waals surface area contributed by atoms with Crippen LogP contribution in [-0.4, -0.2) is 4.98 Å². The van der Waals surface area contributed by atoms with Gasteiger partial charge in [-0.2, -0.15) is 0 Å². The fraction of sp³-hybridized carbons (Fsp3) is 0. The predicted molar refractivity (Wildman–Crippen MR) is 58.8 cm³/mol. The van der Waals surface area contributed by atoms with E-state index in [1.54, 1.807) is 12.3 Å². The van der Waals surface area contributed by atoms with E-state index in [0.29, 0.717) is 5.82 Å². The number of halogens is 2. The van der Waals surface area contributed by atoms with Gasteiger partial charge in [-0.1, -0.05) is 0 Å². The average molecular weight is 288 g/mol. The zero-order chi connectivity index (χ0) is 9.42. The second kappa shape index (κ2) is 3.10. The summed E-state index contributed by atoms with van der Waals surface area (Å²) in [5.41, 5.74) is 5.59. The summed E-state index contributed by atoms with van der Waals surface area (Å²) >= 11 is 2.07. The monoisotopic (exact) mass is 288 g/mol. The van der Waals surface area contributed by atoms with Crippen molar-refractivity contribution in [2.45, 2.75) is 0 Å². The Labute approximate surface area is 88.1 Å². The second-order valence-electron chi connectivity index (χ2n) is 2.69. The number of nitrogens with zero attached hydrogens (tertiary/aromatic N) is 1. The van der Waals surface area contributed by atoms with Gasteiger partial charge in [-0.15, -0.1) is 0 Å². The molecule has 0 radical (unpaired) electrons. The van der Waals surface area contributed by atoms with Crippen LogP contribution in [0.1, 0.15) is 0 Å². The highest BCUT2D eigenvalue weighted by Crippen LogP contribution is 2.24. The van der Waals surface area contributed by atoms with Gasteiger partial charge in [0.1, 0.15) is 11.6 Å². The maximum Gasteiger partial charge on any atom is 0.137 e. The Bertz CT molecular complexity index is 465. The van der Waals surface area contributed by atoms with Crippen LogP contribution in [0.4, 0.5) is 10.2 Å². The molecule has 0 amide bonds. The van der Waals surface area contributed by atoms with E-state index < -0.39 is 0 Å². The van der Waals surface area contributed by atoms with E-state index in [4.69, 9.17) is 5.73 Å². The van der Waals surface area contributed by atoms with Gasteiger partial charge in [0.2, 0.25) is 0 Å². The Morgan fingerprint density at radius 1 is 1.38 bits per heavy atom. The maximum atomic E-state index is 12.9. The first kappa shape index (κ1) is 8.68. The summed E-state index contributed by atoms with van der Waals surface area (Å²) in [5, 5.41) is 1.72. The van der Waals surface area contributed by atoms with Gasteiger partial charge in [0.15, 0.2) is 0 Å². The second-order valence-corrected chi connectivity index (χ2v) is 3.77. The van der Waals surface area contributed by atoms with Gasteiger partial charge in [0, 0.05) is 17.0 Å². The van der Waals surface area contributed by atoms with Gasteiger partial charge < -0.3 is 5.73 Å². The Kier molecular flexibility index (Phi) is 2.07. The topological polar surface area (TPSA) is 38.9 Å². The van der Waals surface area contributed by atoms with E-state index >= 15 is 0 Å². The van der Waals surface area contributed by atoms with Crippen LogP contribution in [0.15, 0.2) is 24.4 Å². The van der Waals surface area contributed by atoms with Crippen molar-refractivity contribution < 1.29 is 4.39 Å². The summed E-state index contributed by atoms with van der Waals surface area (Å²) in [6.45, 7) is 0. The van der Waals surface area contributed by atoms with Crippen LogP contribution >= 0.6 is 22.6 Å². The minimum atomic E-state index is -0.254. The zero-order valence-corrected chi connectivity index (χ0v) is 8.75. The number of pyridine rings is 1. The fourth-order valence-electron chi connectivity index (χ4n) is 1.16. The molecule has 1 aromatic heterocycles. The third kappa shape index (κ3) is 1.46. The fourth-order valence-corrected chi connectivity index (χ4v) is 1.77. The Morgan fingerprint density at radius 2 is 2.15 bits per heavy atom. The molecule has 1 heterocycles. The van der Waals surface area contributed by atoms with Crippen molar-refractivity contribution in [2.24, 2.45) is 0 Å². The summed E-state index contributed by atoms with van der Waals surface area (Å²) in [4.78, 5) is 3.98. The molecular weight excluding hydrogens is 282 g/mol. The van der Waals surface area contributed by atoms with Crippen molar-refractivity contribution >= 4 is 39.2 Å². The molecule has 0 bridgehead atoms. The number of hydrogen-bond acceptors (Lipinski definition) is 2. The number of aromatic nitrogens is 1. The molecule has 0 spiro atoms. The van der Waals surface area contributed by atoms with Crippen LogP contribution in [-0.2, 0) is 0 Å². The molecule has 0 saturated heterocycles. The zero-order valence-electron chi connectivity index (χ0n) is 6.59. The van der Waals surface area contributed by atoms with Crippen LogP contribution in [0.25, 0.3) is 10.8 Å². The van der Waals surface area contributed by atoms with Gasteiger partial charge in [0.25, 0.3) is 0 Å². The average Bonchev–Trinajstić information content (AvgIpc) is 2.12. The van der Waals surface area contributed by atoms with Gasteiger partial charge in [-0.3, -0.25) is 0 Å². The predicted octanol–water partition coefficient (Wildman–Crippen LogP) is 2.56. The molecule has 0 unspecified atom stereocenters. The molecule has 0 aliphatic carbocycles. The summed E-state index contributed by atoms with van der Waals surface area (Å²) in [6, 6.07) is 4.57. The molecule has 0 fully saturated rings. The number of nitrogens with two attached hydrogens (primary N) is 1. The molecular formula is C9H6FIN2. The van der Waals surface area contributed by atoms with Crippen molar-refractivity contribution in [1.29, 1.82) is 0 Å². The molecule has 2 nitrogen and oxygen atoms in total. The number of rotatable bonds is 0. The molecule has 2 rings (SSSR count). The third-order valence-corrected chi connectivity index (χ3v) is 2.95. The van der Waals surface area contributed by atoms with Gasteiger partial charge in [-0.25, -0.2) is 9.37 Å². The highest BCUT2D eigenvalue weighted by atomic mass is 127. The Hall–Kier alpha value is -0.910. The van der Waals surface area contributed by atoms with E-state index in [1.165, 1.54) is 12.1 Å². The SMILES string of the molecule is Nc1ncc2ccc(F)cc2c1I. The van der Waals surface area contributed by atoms with Gasteiger partial charge in [0.05, 0.1) is 3.57 Å². The Balaban J connectivity index is 2.89. The van der Waals surface area contributed by atoms with E-state index in [-0.39, 0.29) is 5.82 Å². The number of benzene rings is 1. The molecule has 0 atom stereocenters. The van der Waals surface area contributed by atoms with E-state index in [9.17, 15) is 4.39 Å². The Morgan fingerprint density at radius 3 is 2.92 bits per heavy atom. The first-order valence-corrected chi connectivity index (χ1v) is 4.75. The third-order valence-electron chi connectivity index (χ3n) is 1.82. The smallest absolute Gasteiger partial charge is 0.137 e.